The number of benzene rings is 1. The molecule has 1 aliphatic heterocycles. The average Bonchev–Trinajstić information content (AvgIpc) is 2.40. The molecule has 0 radical (unpaired) electrons. The van der Waals surface area contributed by atoms with E-state index in [2.05, 4.69) is 50.2 Å². The van der Waals surface area contributed by atoms with Crippen molar-refractivity contribution in [3.63, 3.8) is 0 Å². The normalized spacial score (nSPS) is 24.9. The molecule has 0 amide bonds. The van der Waals surface area contributed by atoms with Crippen LogP contribution in [0.2, 0.25) is 0 Å². The number of hydrogen-bond donors (Lipinski definition) is 1. The van der Waals surface area contributed by atoms with Gasteiger partial charge in [0.1, 0.15) is 0 Å². The van der Waals surface area contributed by atoms with Gasteiger partial charge in [-0.1, -0.05) is 36.4 Å². The van der Waals surface area contributed by atoms with Crippen LogP contribution in [0.4, 0.5) is 0 Å². The standard InChI is InChI=1S/C14H19IN2O/c1-2-14-9-8-13(10-17(14)15)16-18-11-12-6-4-3-5-7-12/h2-7,13-14,16H,1,8-11H2/t13-,14-/m1/s1. The Bertz CT molecular complexity index is 371. The van der Waals surface area contributed by atoms with Gasteiger partial charge in [-0.05, 0) is 18.4 Å². The van der Waals surface area contributed by atoms with Gasteiger partial charge in [-0.15, -0.1) is 6.58 Å². The van der Waals surface area contributed by atoms with Gasteiger partial charge in [0.2, 0.25) is 0 Å². The topological polar surface area (TPSA) is 24.5 Å². The fourth-order valence-corrected chi connectivity index (χ4v) is 3.08. The summed E-state index contributed by atoms with van der Waals surface area (Å²) in [4.78, 5) is 5.57. The highest BCUT2D eigenvalue weighted by atomic mass is 127. The Morgan fingerprint density at radius 3 is 2.83 bits per heavy atom. The minimum atomic E-state index is 0.404. The Morgan fingerprint density at radius 2 is 2.17 bits per heavy atom. The van der Waals surface area contributed by atoms with Crippen molar-refractivity contribution in [1.29, 1.82) is 0 Å². The first-order chi connectivity index (χ1) is 8.79. The number of rotatable bonds is 5. The first-order valence-electron chi connectivity index (χ1n) is 6.26. The second-order valence-corrected chi connectivity index (χ2v) is 5.79. The Kier molecular flexibility index (Phi) is 5.62. The summed E-state index contributed by atoms with van der Waals surface area (Å²) in [5, 5.41) is 0. The summed E-state index contributed by atoms with van der Waals surface area (Å²) in [6.45, 7) is 5.47. The number of halogens is 1. The molecule has 98 valence electrons. The van der Waals surface area contributed by atoms with E-state index in [1.54, 1.807) is 0 Å². The van der Waals surface area contributed by atoms with Crippen molar-refractivity contribution in [3.05, 3.63) is 48.6 Å². The molecular weight excluding hydrogens is 339 g/mol. The highest BCUT2D eigenvalue weighted by Crippen LogP contribution is 2.21. The van der Waals surface area contributed by atoms with E-state index in [0.29, 0.717) is 18.7 Å². The van der Waals surface area contributed by atoms with Gasteiger partial charge in [0.05, 0.1) is 6.61 Å². The van der Waals surface area contributed by atoms with Gasteiger partial charge in [-0.2, -0.15) is 5.48 Å². The molecule has 0 unspecified atom stereocenters. The molecule has 1 aliphatic rings. The van der Waals surface area contributed by atoms with Crippen LogP contribution >= 0.6 is 22.9 Å². The number of nitrogens with zero attached hydrogens (tertiary/aromatic N) is 1. The van der Waals surface area contributed by atoms with Crippen LogP contribution in [0.15, 0.2) is 43.0 Å². The molecule has 1 heterocycles. The lowest BCUT2D eigenvalue weighted by Gasteiger charge is -2.33. The second-order valence-electron chi connectivity index (χ2n) is 4.55. The lowest BCUT2D eigenvalue weighted by molar-refractivity contribution is -0.00809. The zero-order valence-corrected chi connectivity index (χ0v) is 12.5. The maximum absolute atomic E-state index is 5.57. The lowest BCUT2D eigenvalue weighted by Crippen LogP contribution is -2.45. The van der Waals surface area contributed by atoms with E-state index in [1.165, 1.54) is 5.56 Å². The number of hydrogen-bond acceptors (Lipinski definition) is 3. The van der Waals surface area contributed by atoms with Gasteiger partial charge in [0.15, 0.2) is 0 Å². The van der Waals surface area contributed by atoms with Crippen molar-refractivity contribution in [1.82, 2.24) is 8.59 Å². The summed E-state index contributed by atoms with van der Waals surface area (Å²) >= 11 is 2.36. The molecule has 0 aromatic heterocycles. The van der Waals surface area contributed by atoms with E-state index >= 15 is 0 Å². The third kappa shape index (κ3) is 4.05. The lowest BCUT2D eigenvalue weighted by atomic mass is 10.0. The van der Waals surface area contributed by atoms with Crippen LogP contribution in [-0.4, -0.2) is 21.7 Å². The van der Waals surface area contributed by atoms with Gasteiger partial charge in [0, 0.05) is 41.5 Å². The van der Waals surface area contributed by atoms with E-state index in [9.17, 15) is 0 Å². The zero-order valence-electron chi connectivity index (χ0n) is 10.4. The van der Waals surface area contributed by atoms with E-state index < -0.39 is 0 Å². The molecule has 4 heteroatoms. The molecule has 1 N–H and O–H groups in total. The van der Waals surface area contributed by atoms with Crippen LogP contribution in [0, 0.1) is 0 Å². The molecule has 1 fully saturated rings. The quantitative estimate of drug-likeness (QED) is 0.379. The maximum atomic E-state index is 5.57. The summed E-state index contributed by atoms with van der Waals surface area (Å²) in [5.74, 6) is 0. The van der Waals surface area contributed by atoms with Gasteiger partial charge in [-0.3, -0.25) is 4.84 Å². The molecule has 1 aromatic rings. The Morgan fingerprint density at radius 1 is 1.39 bits per heavy atom. The SMILES string of the molecule is C=C[C@@H]1CC[C@@H](NOCc2ccccc2)CN1I. The summed E-state index contributed by atoms with van der Waals surface area (Å²) in [5.41, 5.74) is 4.36. The fraction of sp³-hybridized carbons (Fsp3) is 0.429. The van der Waals surface area contributed by atoms with E-state index in [4.69, 9.17) is 4.84 Å². The Labute approximate surface area is 123 Å². The van der Waals surface area contributed by atoms with Crippen molar-refractivity contribution < 1.29 is 4.84 Å². The summed E-state index contributed by atoms with van der Waals surface area (Å²) in [6, 6.07) is 11.1. The highest BCUT2D eigenvalue weighted by molar-refractivity contribution is 14.1. The molecule has 0 aliphatic carbocycles. The van der Waals surface area contributed by atoms with Crippen molar-refractivity contribution in [2.45, 2.75) is 31.5 Å². The highest BCUT2D eigenvalue weighted by Gasteiger charge is 2.24. The van der Waals surface area contributed by atoms with Crippen LogP contribution in [-0.2, 0) is 11.4 Å². The molecule has 1 aromatic carbocycles. The first kappa shape index (κ1) is 14.0. The summed E-state index contributed by atoms with van der Waals surface area (Å²) in [6.07, 6.45) is 4.29. The van der Waals surface area contributed by atoms with Crippen molar-refractivity contribution in [2.75, 3.05) is 6.54 Å². The smallest absolute Gasteiger partial charge is 0.0933 e. The van der Waals surface area contributed by atoms with Crippen LogP contribution in [0.25, 0.3) is 0 Å². The minimum Gasteiger partial charge on any atom is -0.297 e. The predicted molar refractivity (Wildman–Crippen MR) is 82.1 cm³/mol. The van der Waals surface area contributed by atoms with Crippen LogP contribution in [0.1, 0.15) is 18.4 Å². The molecule has 0 bridgehead atoms. The van der Waals surface area contributed by atoms with E-state index in [0.717, 1.165) is 19.4 Å². The summed E-state index contributed by atoms with van der Waals surface area (Å²) in [7, 11) is 0. The van der Waals surface area contributed by atoms with E-state index in [-0.39, 0.29) is 0 Å². The number of piperidine rings is 1. The monoisotopic (exact) mass is 358 g/mol. The van der Waals surface area contributed by atoms with Crippen molar-refractivity contribution >= 4 is 22.9 Å². The fourth-order valence-electron chi connectivity index (χ4n) is 2.09. The Hall–Kier alpha value is -0.430. The van der Waals surface area contributed by atoms with Gasteiger partial charge >= 0.3 is 0 Å². The molecule has 0 spiro atoms. The van der Waals surface area contributed by atoms with Gasteiger partial charge < -0.3 is 0 Å². The molecule has 0 saturated carbocycles. The zero-order chi connectivity index (χ0) is 12.8. The first-order valence-corrected chi connectivity index (χ1v) is 7.22. The third-order valence-corrected chi connectivity index (χ3v) is 4.28. The molecule has 2 rings (SSSR count). The predicted octanol–water partition coefficient (Wildman–Crippen LogP) is 3.08. The molecule has 3 nitrogen and oxygen atoms in total. The second kappa shape index (κ2) is 7.23. The largest absolute Gasteiger partial charge is 0.297 e. The maximum Gasteiger partial charge on any atom is 0.0933 e. The third-order valence-electron chi connectivity index (χ3n) is 3.17. The van der Waals surface area contributed by atoms with Gasteiger partial charge in [0.25, 0.3) is 0 Å². The Balaban J connectivity index is 1.70. The molecule has 18 heavy (non-hydrogen) atoms. The van der Waals surface area contributed by atoms with Crippen molar-refractivity contribution in [3.8, 4) is 0 Å². The number of nitrogens with one attached hydrogen (secondary N) is 1. The van der Waals surface area contributed by atoms with Crippen molar-refractivity contribution in [2.24, 2.45) is 0 Å². The average molecular weight is 358 g/mol. The number of hydroxylamine groups is 1. The van der Waals surface area contributed by atoms with Crippen LogP contribution in [0.5, 0.6) is 0 Å². The van der Waals surface area contributed by atoms with E-state index in [1.807, 2.05) is 24.3 Å². The van der Waals surface area contributed by atoms with Crippen LogP contribution < -0.4 is 5.48 Å². The van der Waals surface area contributed by atoms with Crippen LogP contribution in [0.3, 0.4) is 0 Å². The summed E-state index contributed by atoms with van der Waals surface area (Å²) < 4.78 is 2.29. The van der Waals surface area contributed by atoms with Gasteiger partial charge in [-0.25, -0.2) is 3.11 Å². The molecule has 1 saturated heterocycles. The molecular formula is C14H19IN2O. The minimum absolute atomic E-state index is 0.404. The molecule has 2 atom stereocenters.